The average Bonchev–Trinajstić information content (AvgIpc) is 2.38. The summed E-state index contributed by atoms with van der Waals surface area (Å²) in [7, 11) is -2.12. The third-order valence-corrected chi connectivity index (χ3v) is 4.48. The molecule has 2 aromatic rings. The van der Waals surface area contributed by atoms with Crippen LogP contribution in [0.3, 0.4) is 0 Å². The van der Waals surface area contributed by atoms with E-state index in [9.17, 15) is 8.42 Å². The van der Waals surface area contributed by atoms with Crippen molar-refractivity contribution in [1.29, 1.82) is 0 Å². The minimum Gasteiger partial charge on any atom is -0.496 e. The van der Waals surface area contributed by atoms with E-state index in [0.717, 1.165) is 10.0 Å². The molecule has 1 heterocycles. The van der Waals surface area contributed by atoms with Crippen molar-refractivity contribution in [1.82, 2.24) is 4.98 Å². The van der Waals surface area contributed by atoms with Crippen LogP contribution in [-0.4, -0.2) is 20.5 Å². The van der Waals surface area contributed by atoms with Crippen LogP contribution in [-0.2, 0) is 10.0 Å². The normalized spacial score (nSPS) is 11.2. The summed E-state index contributed by atoms with van der Waals surface area (Å²) in [5.74, 6) is 0.900. The van der Waals surface area contributed by atoms with E-state index < -0.39 is 10.0 Å². The molecule has 1 aromatic heterocycles. The van der Waals surface area contributed by atoms with Gasteiger partial charge in [-0.3, -0.25) is 4.72 Å². The Hall–Kier alpha value is -1.60. The molecule has 0 bridgehead atoms. The van der Waals surface area contributed by atoms with E-state index in [2.05, 4.69) is 25.6 Å². The Labute approximate surface area is 126 Å². The van der Waals surface area contributed by atoms with Crippen LogP contribution in [0, 0.1) is 6.92 Å². The Kier molecular flexibility index (Phi) is 4.29. The standard InChI is InChI=1S/C13H13BrN2O3S/c1-9-7-11(3-4-12(9)19-2)20(17,18)16-13-8-10(14)5-6-15-13/h3-8H,1-2H3,(H,15,16). The maximum atomic E-state index is 12.3. The molecule has 2 rings (SSSR count). The van der Waals surface area contributed by atoms with Gasteiger partial charge in [0.1, 0.15) is 11.6 Å². The van der Waals surface area contributed by atoms with Gasteiger partial charge in [-0.25, -0.2) is 13.4 Å². The van der Waals surface area contributed by atoms with E-state index in [1.807, 2.05) is 0 Å². The average molecular weight is 357 g/mol. The van der Waals surface area contributed by atoms with Gasteiger partial charge in [0.2, 0.25) is 0 Å². The Morgan fingerprint density at radius 2 is 2.00 bits per heavy atom. The number of benzene rings is 1. The zero-order valence-corrected chi connectivity index (χ0v) is 13.3. The number of hydrogen-bond donors (Lipinski definition) is 1. The molecule has 0 aliphatic carbocycles. The van der Waals surface area contributed by atoms with Crippen molar-refractivity contribution in [3.8, 4) is 5.75 Å². The zero-order chi connectivity index (χ0) is 14.8. The smallest absolute Gasteiger partial charge is 0.263 e. The quantitative estimate of drug-likeness (QED) is 0.914. The van der Waals surface area contributed by atoms with E-state index >= 15 is 0 Å². The molecule has 106 valence electrons. The van der Waals surface area contributed by atoms with Crippen LogP contribution in [0.1, 0.15) is 5.56 Å². The largest absolute Gasteiger partial charge is 0.496 e. The molecule has 0 fully saturated rings. The lowest BCUT2D eigenvalue weighted by molar-refractivity contribution is 0.411. The molecule has 5 nitrogen and oxygen atoms in total. The van der Waals surface area contributed by atoms with Crippen LogP contribution < -0.4 is 9.46 Å². The van der Waals surface area contributed by atoms with E-state index in [1.54, 1.807) is 38.3 Å². The monoisotopic (exact) mass is 356 g/mol. The number of pyridine rings is 1. The molecule has 0 unspecified atom stereocenters. The van der Waals surface area contributed by atoms with Crippen molar-refractivity contribution >= 4 is 31.8 Å². The summed E-state index contributed by atoms with van der Waals surface area (Å²) in [5.41, 5.74) is 0.748. The first-order chi connectivity index (χ1) is 9.42. The van der Waals surface area contributed by atoms with Gasteiger partial charge in [0.15, 0.2) is 0 Å². The number of rotatable bonds is 4. The third kappa shape index (κ3) is 3.29. The molecule has 20 heavy (non-hydrogen) atoms. The summed E-state index contributed by atoms with van der Waals surface area (Å²) in [6, 6.07) is 7.98. The molecule has 0 aliphatic rings. The van der Waals surface area contributed by atoms with Crippen molar-refractivity contribution in [2.24, 2.45) is 0 Å². The van der Waals surface area contributed by atoms with Gasteiger partial charge in [0, 0.05) is 10.7 Å². The highest BCUT2D eigenvalue weighted by Crippen LogP contribution is 2.23. The van der Waals surface area contributed by atoms with Gasteiger partial charge >= 0.3 is 0 Å². The predicted octanol–water partition coefficient (Wildman–Crippen LogP) is 2.96. The summed E-state index contributed by atoms with van der Waals surface area (Å²) in [6.07, 6.45) is 1.52. The van der Waals surface area contributed by atoms with Gasteiger partial charge in [-0.05, 0) is 42.8 Å². The first-order valence-electron chi connectivity index (χ1n) is 5.71. The number of aromatic nitrogens is 1. The summed E-state index contributed by atoms with van der Waals surface area (Å²) in [6.45, 7) is 1.79. The van der Waals surface area contributed by atoms with Gasteiger partial charge < -0.3 is 4.74 Å². The maximum absolute atomic E-state index is 12.3. The molecular weight excluding hydrogens is 344 g/mol. The second-order valence-corrected chi connectivity index (χ2v) is 6.69. The molecule has 0 amide bonds. The maximum Gasteiger partial charge on any atom is 0.263 e. The Balaban J connectivity index is 2.33. The van der Waals surface area contributed by atoms with Crippen LogP contribution >= 0.6 is 15.9 Å². The predicted molar refractivity (Wildman–Crippen MR) is 80.5 cm³/mol. The fraction of sp³-hybridized carbons (Fsp3) is 0.154. The van der Waals surface area contributed by atoms with Crippen molar-refractivity contribution < 1.29 is 13.2 Å². The number of hydrogen-bond acceptors (Lipinski definition) is 4. The number of methoxy groups -OCH3 is 1. The summed E-state index contributed by atoms with van der Waals surface area (Å²) in [5, 5.41) is 0. The van der Waals surface area contributed by atoms with Crippen molar-refractivity contribution in [3.63, 3.8) is 0 Å². The van der Waals surface area contributed by atoms with E-state index in [0.29, 0.717) is 5.75 Å². The van der Waals surface area contributed by atoms with Gasteiger partial charge in [-0.2, -0.15) is 0 Å². The molecule has 7 heteroatoms. The van der Waals surface area contributed by atoms with Crippen molar-refractivity contribution in [2.45, 2.75) is 11.8 Å². The number of halogens is 1. The third-order valence-electron chi connectivity index (χ3n) is 2.64. The number of ether oxygens (including phenoxy) is 1. The molecule has 0 saturated carbocycles. The number of sulfonamides is 1. The highest BCUT2D eigenvalue weighted by molar-refractivity contribution is 9.10. The fourth-order valence-corrected chi connectivity index (χ4v) is 3.09. The zero-order valence-electron chi connectivity index (χ0n) is 10.9. The fourth-order valence-electron chi connectivity index (χ4n) is 1.68. The highest BCUT2D eigenvalue weighted by Gasteiger charge is 2.16. The molecule has 1 N–H and O–H groups in total. The van der Waals surface area contributed by atoms with Crippen LogP contribution in [0.25, 0.3) is 0 Å². The van der Waals surface area contributed by atoms with Gasteiger partial charge in [0.05, 0.1) is 12.0 Å². The highest BCUT2D eigenvalue weighted by atomic mass is 79.9. The van der Waals surface area contributed by atoms with Crippen molar-refractivity contribution in [3.05, 3.63) is 46.6 Å². The molecule has 1 aromatic carbocycles. The number of aryl methyl sites for hydroxylation is 1. The van der Waals surface area contributed by atoms with Crippen LogP contribution in [0.5, 0.6) is 5.75 Å². The molecule has 0 radical (unpaired) electrons. The molecule has 0 spiro atoms. The Morgan fingerprint density at radius 3 is 2.60 bits per heavy atom. The second kappa shape index (κ2) is 5.80. The van der Waals surface area contributed by atoms with Crippen LogP contribution in [0.2, 0.25) is 0 Å². The minimum absolute atomic E-state index is 0.164. The summed E-state index contributed by atoms with van der Waals surface area (Å²) < 4.78 is 32.8. The lowest BCUT2D eigenvalue weighted by Crippen LogP contribution is -2.14. The number of nitrogens with one attached hydrogen (secondary N) is 1. The molecule has 0 atom stereocenters. The lowest BCUT2D eigenvalue weighted by atomic mass is 10.2. The van der Waals surface area contributed by atoms with Gasteiger partial charge in [-0.15, -0.1) is 0 Å². The molecule has 0 saturated heterocycles. The summed E-state index contributed by atoms with van der Waals surface area (Å²) in [4.78, 5) is 4.13. The second-order valence-electron chi connectivity index (χ2n) is 4.10. The topological polar surface area (TPSA) is 68.3 Å². The Bertz CT molecular complexity index is 732. The minimum atomic E-state index is -3.67. The first kappa shape index (κ1) is 14.8. The number of anilines is 1. The van der Waals surface area contributed by atoms with E-state index in [4.69, 9.17) is 4.74 Å². The van der Waals surface area contributed by atoms with Gasteiger partial charge in [0.25, 0.3) is 10.0 Å². The first-order valence-corrected chi connectivity index (χ1v) is 7.99. The van der Waals surface area contributed by atoms with E-state index in [1.165, 1.54) is 12.3 Å². The van der Waals surface area contributed by atoms with Crippen LogP contribution in [0.4, 0.5) is 5.82 Å². The molecule has 0 aliphatic heterocycles. The van der Waals surface area contributed by atoms with Crippen molar-refractivity contribution in [2.75, 3.05) is 11.8 Å². The van der Waals surface area contributed by atoms with Crippen LogP contribution in [0.15, 0.2) is 45.9 Å². The van der Waals surface area contributed by atoms with E-state index in [-0.39, 0.29) is 10.7 Å². The lowest BCUT2D eigenvalue weighted by Gasteiger charge is -2.10. The summed E-state index contributed by atoms with van der Waals surface area (Å²) >= 11 is 3.27. The number of nitrogens with zero attached hydrogens (tertiary/aromatic N) is 1. The molecular formula is C13H13BrN2O3S. The van der Waals surface area contributed by atoms with Gasteiger partial charge in [-0.1, -0.05) is 15.9 Å². The Morgan fingerprint density at radius 1 is 1.25 bits per heavy atom. The SMILES string of the molecule is COc1ccc(S(=O)(=O)Nc2cc(Br)ccn2)cc1C.